The van der Waals surface area contributed by atoms with Crippen molar-refractivity contribution in [1.29, 1.82) is 0 Å². The van der Waals surface area contributed by atoms with Crippen LogP contribution in [0.2, 0.25) is 0 Å². The summed E-state index contributed by atoms with van der Waals surface area (Å²) in [5, 5.41) is 4.32. The van der Waals surface area contributed by atoms with Crippen molar-refractivity contribution in [2.75, 3.05) is 5.73 Å². The number of nitrogens with zero attached hydrogens (tertiary/aromatic N) is 3. The van der Waals surface area contributed by atoms with Gasteiger partial charge in [-0.2, -0.15) is 5.10 Å². The molecule has 2 rings (SSSR count). The third-order valence-corrected chi connectivity index (χ3v) is 2.83. The van der Waals surface area contributed by atoms with Gasteiger partial charge in [-0.3, -0.25) is 4.68 Å². The molecule has 2 N–H and O–H groups in total. The van der Waals surface area contributed by atoms with Crippen LogP contribution in [-0.4, -0.2) is 14.8 Å². The number of hydrogen-bond acceptors (Lipinski definition) is 3. The zero-order valence-corrected chi connectivity index (χ0v) is 9.86. The fourth-order valence-electron chi connectivity index (χ4n) is 1.78. The summed E-state index contributed by atoms with van der Waals surface area (Å²) in [6.07, 6.45) is 3.68. The standard InChI is InChI=1S/C12H16N4/c1-4-16-9(3)11(7-15-16)10-5-8(2)12(13)14-6-10/h5-7H,4H2,1-3H3,(H2,13,14). The lowest BCUT2D eigenvalue weighted by Gasteiger charge is -2.04. The van der Waals surface area contributed by atoms with Crippen LogP contribution >= 0.6 is 0 Å². The van der Waals surface area contributed by atoms with E-state index in [0.29, 0.717) is 5.82 Å². The van der Waals surface area contributed by atoms with E-state index in [0.717, 1.165) is 28.9 Å². The first-order valence-corrected chi connectivity index (χ1v) is 5.38. The Balaban J connectivity index is 2.50. The lowest BCUT2D eigenvalue weighted by molar-refractivity contribution is 0.640. The van der Waals surface area contributed by atoms with Crippen molar-refractivity contribution in [3.05, 3.63) is 29.7 Å². The van der Waals surface area contributed by atoms with Crippen LogP contribution in [0.4, 0.5) is 5.82 Å². The van der Waals surface area contributed by atoms with Crippen LogP contribution in [0.1, 0.15) is 18.2 Å². The number of nitrogens with two attached hydrogens (primary N) is 1. The molecule has 0 aliphatic heterocycles. The second-order valence-electron chi connectivity index (χ2n) is 3.89. The highest BCUT2D eigenvalue weighted by Crippen LogP contribution is 2.24. The molecule has 0 atom stereocenters. The number of aromatic nitrogens is 3. The Kier molecular flexibility index (Phi) is 2.64. The minimum Gasteiger partial charge on any atom is -0.383 e. The summed E-state index contributed by atoms with van der Waals surface area (Å²) >= 11 is 0. The minimum atomic E-state index is 0.587. The Morgan fingerprint density at radius 1 is 1.31 bits per heavy atom. The molecule has 84 valence electrons. The number of anilines is 1. The van der Waals surface area contributed by atoms with Crippen molar-refractivity contribution >= 4 is 5.82 Å². The van der Waals surface area contributed by atoms with Crippen molar-refractivity contribution < 1.29 is 0 Å². The van der Waals surface area contributed by atoms with E-state index >= 15 is 0 Å². The molecule has 16 heavy (non-hydrogen) atoms. The molecule has 0 radical (unpaired) electrons. The van der Waals surface area contributed by atoms with Crippen LogP contribution in [0.3, 0.4) is 0 Å². The van der Waals surface area contributed by atoms with Gasteiger partial charge in [0.15, 0.2) is 0 Å². The van der Waals surface area contributed by atoms with Gasteiger partial charge < -0.3 is 5.73 Å². The van der Waals surface area contributed by atoms with E-state index in [1.54, 1.807) is 6.20 Å². The molecule has 0 spiro atoms. The maximum atomic E-state index is 5.70. The average Bonchev–Trinajstić information content (AvgIpc) is 2.64. The first-order chi connectivity index (χ1) is 7.63. The van der Waals surface area contributed by atoms with Gasteiger partial charge in [0, 0.05) is 29.6 Å². The highest BCUT2D eigenvalue weighted by molar-refractivity contribution is 5.66. The van der Waals surface area contributed by atoms with Gasteiger partial charge in [-0.25, -0.2) is 4.98 Å². The van der Waals surface area contributed by atoms with Crippen molar-refractivity contribution in [3.8, 4) is 11.1 Å². The summed E-state index contributed by atoms with van der Waals surface area (Å²) < 4.78 is 1.97. The fraction of sp³-hybridized carbons (Fsp3) is 0.333. The number of rotatable bonds is 2. The predicted molar refractivity (Wildman–Crippen MR) is 65.0 cm³/mol. The maximum Gasteiger partial charge on any atom is 0.126 e. The van der Waals surface area contributed by atoms with Crippen molar-refractivity contribution in [1.82, 2.24) is 14.8 Å². The summed E-state index contributed by atoms with van der Waals surface area (Å²) in [5.41, 5.74) is 10.1. The first kappa shape index (κ1) is 10.7. The summed E-state index contributed by atoms with van der Waals surface area (Å²) in [6.45, 7) is 6.99. The zero-order chi connectivity index (χ0) is 11.7. The molecule has 0 aliphatic carbocycles. The second-order valence-corrected chi connectivity index (χ2v) is 3.89. The molecular weight excluding hydrogens is 200 g/mol. The van der Waals surface area contributed by atoms with Crippen molar-refractivity contribution in [3.63, 3.8) is 0 Å². The van der Waals surface area contributed by atoms with Gasteiger partial charge in [0.2, 0.25) is 0 Å². The van der Waals surface area contributed by atoms with Crippen LogP contribution < -0.4 is 5.73 Å². The molecule has 0 bridgehead atoms. The van der Waals surface area contributed by atoms with E-state index in [1.807, 2.05) is 23.9 Å². The molecule has 0 saturated heterocycles. The monoisotopic (exact) mass is 216 g/mol. The number of aryl methyl sites for hydroxylation is 2. The van der Waals surface area contributed by atoms with E-state index in [9.17, 15) is 0 Å². The zero-order valence-electron chi connectivity index (χ0n) is 9.86. The first-order valence-electron chi connectivity index (χ1n) is 5.38. The van der Waals surface area contributed by atoms with Crippen LogP contribution in [0, 0.1) is 13.8 Å². The molecular formula is C12H16N4. The van der Waals surface area contributed by atoms with E-state index in [2.05, 4.69) is 23.9 Å². The smallest absolute Gasteiger partial charge is 0.126 e. The van der Waals surface area contributed by atoms with Crippen LogP contribution in [-0.2, 0) is 6.54 Å². The van der Waals surface area contributed by atoms with E-state index in [4.69, 9.17) is 5.73 Å². The van der Waals surface area contributed by atoms with Gasteiger partial charge in [0.05, 0.1) is 6.20 Å². The summed E-state index contributed by atoms with van der Waals surface area (Å²) in [6, 6.07) is 2.05. The van der Waals surface area contributed by atoms with Crippen LogP contribution in [0.15, 0.2) is 18.5 Å². The fourth-order valence-corrected chi connectivity index (χ4v) is 1.78. The number of nitrogen functional groups attached to an aromatic ring is 1. The molecule has 2 aromatic heterocycles. The van der Waals surface area contributed by atoms with Gasteiger partial charge in [0.25, 0.3) is 0 Å². The third-order valence-electron chi connectivity index (χ3n) is 2.83. The van der Waals surface area contributed by atoms with Crippen molar-refractivity contribution in [2.45, 2.75) is 27.3 Å². The van der Waals surface area contributed by atoms with Crippen molar-refractivity contribution in [2.24, 2.45) is 0 Å². The predicted octanol–water partition coefficient (Wildman–Crippen LogP) is 2.16. The average molecular weight is 216 g/mol. The summed E-state index contributed by atoms with van der Waals surface area (Å²) in [7, 11) is 0. The van der Waals surface area contributed by atoms with Gasteiger partial charge in [0.1, 0.15) is 5.82 Å². The van der Waals surface area contributed by atoms with E-state index in [1.165, 1.54) is 0 Å². The molecule has 0 unspecified atom stereocenters. The largest absolute Gasteiger partial charge is 0.383 e. The lowest BCUT2D eigenvalue weighted by atomic mass is 10.1. The Bertz CT molecular complexity index is 514. The molecule has 2 heterocycles. The molecule has 2 aromatic rings. The maximum absolute atomic E-state index is 5.70. The lowest BCUT2D eigenvalue weighted by Crippen LogP contribution is -1.99. The summed E-state index contributed by atoms with van der Waals surface area (Å²) in [5.74, 6) is 0.587. The Morgan fingerprint density at radius 3 is 2.62 bits per heavy atom. The van der Waals surface area contributed by atoms with Gasteiger partial charge in [-0.15, -0.1) is 0 Å². The van der Waals surface area contributed by atoms with Gasteiger partial charge >= 0.3 is 0 Å². The highest BCUT2D eigenvalue weighted by atomic mass is 15.3. The van der Waals surface area contributed by atoms with Crippen LogP contribution in [0.25, 0.3) is 11.1 Å². The second kappa shape index (κ2) is 3.96. The highest BCUT2D eigenvalue weighted by Gasteiger charge is 2.08. The van der Waals surface area contributed by atoms with Gasteiger partial charge in [-0.1, -0.05) is 0 Å². The normalized spacial score (nSPS) is 10.7. The van der Waals surface area contributed by atoms with Crippen LogP contribution in [0.5, 0.6) is 0 Å². The molecule has 0 aliphatic rings. The third kappa shape index (κ3) is 1.66. The molecule has 4 nitrogen and oxygen atoms in total. The molecule has 0 amide bonds. The Labute approximate surface area is 95.1 Å². The Morgan fingerprint density at radius 2 is 2.06 bits per heavy atom. The molecule has 4 heteroatoms. The molecule has 0 aromatic carbocycles. The Hall–Kier alpha value is -1.84. The topological polar surface area (TPSA) is 56.7 Å². The number of pyridine rings is 1. The molecule has 0 saturated carbocycles. The number of hydrogen-bond donors (Lipinski definition) is 1. The summed E-state index contributed by atoms with van der Waals surface area (Å²) in [4.78, 5) is 4.17. The van der Waals surface area contributed by atoms with E-state index < -0.39 is 0 Å². The SMILES string of the molecule is CCn1ncc(-c2cnc(N)c(C)c2)c1C. The van der Waals surface area contributed by atoms with Gasteiger partial charge in [-0.05, 0) is 32.4 Å². The minimum absolute atomic E-state index is 0.587. The molecule has 0 fully saturated rings. The van der Waals surface area contributed by atoms with E-state index in [-0.39, 0.29) is 0 Å². The quantitative estimate of drug-likeness (QED) is 0.837.